The van der Waals surface area contributed by atoms with E-state index in [2.05, 4.69) is 78.9 Å². The highest BCUT2D eigenvalue weighted by atomic mass is 16.5. The summed E-state index contributed by atoms with van der Waals surface area (Å²) < 4.78 is 5.96. The van der Waals surface area contributed by atoms with Crippen LogP contribution in [0, 0.1) is 0 Å². The Bertz CT molecular complexity index is 1120. The zero-order chi connectivity index (χ0) is 20.9. The second-order valence-corrected chi connectivity index (χ2v) is 7.79. The number of nitrogens with zero attached hydrogens (tertiary/aromatic N) is 2. The van der Waals surface area contributed by atoms with Gasteiger partial charge in [0.15, 0.2) is 0 Å². The number of pyridine rings is 1. The molecule has 1 atom stereocenters. The van der Waals surface area contributed by atoms with Gasteiger partial charge in [-0.3, -0.25) is 0 Å². The average Bonchev–Trinajstić information content (AvgIpc) is 3.30. The fraction of sp³-hybridized carbons (Fsp3) is 0.143. The molecular formula is C28H24N2O. The minimum atomic E-state index is 0.0597. The van der Waals surface area contributed by atoms with Gasteiger partial charge in [0, 0.05) is 0 Å². The minimum Gasteiger partial charge on any atom is -0.474 e. The van der Waals surface area contributed by atoms with Gasteiger partial charge in [-0.2, -0.15) is 0 Å². The number of hydrogen-bond donors (Lipinski definition) is 0. The van der Waals surface area contributed by atoms with Gasteiger partial charge in [-0.1, -0.05) is 97.1 Å². The number of hydrogen-bond acceptors (Lipinski definition) is 3. The van der Waals surface area contributed by atoms with Crippen LogP contribution in [0.5, 0.6) is 0 Å². The third-order valence-electron chi connectivity index (χ3n) is 5.58. The van der Waals surface area contributed by atoms with Crippen LogP contribution in [0.25, 0.3) is 0 Å². The van der Waals surface area contributed by atoms with E-state index in [1.54, 1.807) is 0 Å². The van der Waals surface area contributed by atoms with Crippen LogP contribution in [0.2, 0.25) is 0 Å². The molecule has 2 heterocycles. The van der Waals surface area contributed by atoms with Gasteiger partial charge >= 0.3 is 0 Å². The second-order valence-electron chi connectivity index (χ2n) is 7.79. The Balaban J connectivity index is 1.45. The van der Waals surface area contributed by atoms with E-state index in [0.29, 0.717) is 12.5 Å². The molecule has 5 rings (SSSR count). The van der Waals surface area contributed by atoms with Crippen molar-refractivity contribution in [2.75, 3.05) is 6.61 Å². The summed E-state index contributed by atoms with van der Waals surface area (Å²) in [5, 5.41) is 0. The Labute approximate surface area is 183 Å². The summed E-state index contributed by atoms with van der Waals surface area (Å²) in [5.41, 5.74) is 5.50. The zero-order valence-corrected chi connectivity index (χ0v) is 17.3. The Morgan fingerprint density at radius 1 is 0.710 bits per heavy atom. The molecule has 0 aliphatic carbocycles. The van der Waals surface area contributed by atoms with Gasteiger partial charge in [0.25, 0.3) is 0 Å². The van der Waals surface area contributed by atoms with Gasteiger partial charge in [0.05, 0.1) is 17.7 Å². The van der Waals surface area contributed by atoms with Crippen molar-refractivity contribution in [1.29, 1.82) is 0 Å². The summed E-state index contributed by atoms with van der Waals surface area (Å²) >= 11 is 0. The van der Waals surface area contributed by atoms with Crippen molar-refractivity contribution in [3.8, 4) is 0 Å². The molecular weight excluding hydrogens is 380 g/mol. The van der Waals surface area contributed by atoms with Crippen LogP contribution in [0.15, 0.2) is 114 Å². The standard InChI is InChI=1S/C28H24N2O/c1-4-11-21(12-5-1)19-24-20-31-28(29-24)26-18-10-17-25(30-26)27(22-13-6-2-7-14-22)23-15-8-3-9-16-23/h1-18,24,27H,19-20H2. The summed E-state index contributed by atoms with van der Waals surface area (Å²) in [6.07, 6.45) is 0.876. The van der Waals surface area contributed by atoms with E-state index in [4.69, 9.17) is 14.7 Å². The number of rotatable bonds is 6. The number of aromatic nitrogens is 1. The van der Waals surface area contributed by atoms with Crippen molar-refractivity contribution in [3.05, 3.63) is 137 Å². The molecule has 3 nitrogen and oxygen atoms in total. The first-order chi connectivity index (χ1) is 15.4. The summed E-state index contributed by atoms with van der Waals surface area (Å²) in [4.78, 5) is 9.82. The summed E-state index contributed by atoms with van der Waals surface area (Å²) in [6.45, 7) is 0.594. The molecule has 1 unspecified atom stereocenters. The molecule has 4 aromatic rings. The lowest BCUT2D eigenvalue weighted by atomic mass is 9.88. The summed E-state index contributed by atoms with van der Waals surface area (Å²) in [6, 6.07) is 37.7. The van der Waals surface area contributed by atoms with E-state index in [0.717, 1.165) is 17.8 Å². The lowest BCUT2D eigenvalue weighted by molar-refractivity contribution is 0.316. The lowest BCUT2D eigenvalue weighted by Gasteiger charge is -2.18. The van der Waals surface area contributed by atoms with E-state index in [1.807, 2.05) is 30.3 Å². The van der Waals surface area contributed by atoms with Crippen molar-refractivity contribution in [1.82, 2.24) is 4.98 Å². The molecule has 0 saturated carbocycles. The fourth-order valence-corrected chi connectivity index (χ4v) is 4.10. The molecule has 0 spiro atoms. The number of aliphatic imine (C=N–C) groups is 1. The van der Waals surface area contributed by atoms with E-state index in [-0.39, 0.29) is 12.0 Å². The Morgan fingerprint density at radius 2 is 1.32 bits per heavy atom. The van der Waals surface area contributed by atoms with Gasteiger partial charge in [0.1, 0.15) is 12.3 Å². The van der Waals surface area contributed by atoms with E-state index >= 15 is 0 Å². The van der Waals surface area contributed by atoms with Gasteiger partial charge < -0.3 is 4.74 Å². The summed E-state index contributed by atoms with van der Waals surface area (Å²) in [7, 11) is 0. The smallest absolute Gasteiger partial charge is 0.235 e. The lowest BCUT2D eigenvalue weighted by Crippen LogP contribution is -2.10. The summed E-state index contributed by atoms with van der Waals surface area (Å²) in [5.74, 6) is 0.701. The Morgan fingerprint density at radius 3 is 1.97 bits per heavy atom. The molecule has 31 heavy (non-hydrogen) atoms. The SMILES string of the molecule is c1ccc(CC2COC(c3cccc(C(c4ccccc4)c4ccccc4)n3)=N2)cc1. The normalized spacial score (nSPS) is 15.5. The molecule has 1 aliphatic rings. The highest BCUT2D eigenvalue weighted by molar-refractivity contribution is 5.93. The molecule has 3 heteroatoms. The van der Waals surface area contributed by atoms with Crippen molar-refractivity contribution in [2.24, 2.45) is 4.99 Å². The van der Waals surface area contributed by atoms with Crippen LogP contribution < -0.4 is 0 Å². The van der Waals surface area contributed by atoms with Gasteiger partial charge in [-0.05, 0) is 35.2 Å². The molecule has 1 aromatic heterocycles. The van der Waals surface area contributed by atoms with E-state index in [1.165, 1.54) is 16.7 Å². The maximum absolute atomic E-state index is 5.96. The van der Waals surface area contributed by atoms with Crippen molar-refractivity contribution in [2.45, 2.75) is 18.4 Å². The Kier molecular flexibility index (Phi) is 5.57. The van der Waals surface area contributed by atoms with Crippen molar-refractivity contribution >= 4 is 5.90 Å². The average molecular weight is 405 g/mol. The van der Waals surface area contributed by atoms with Crippen molar-refractivity contribution < 1.29 is 4.74 Å². The molecule has 0 N–H and O–H groups in total. The first kappa shape index (κ1) is 19.3. The van der Waals surface area contributed by atoms with Crippen LogP contribution in [0.4, 0.5) is 0 Å². The largest absolute Gasteiger partial charge is 0.474 e. The maximum atomic E-state index is 5.96. The Hall–Kier alpha value is -3.72. The predicted molar refractivity (Wildman–Crippen MR) is 124 cm³/mol. The molecule has 152 valence electrons. The van der Waals surface area contributed by atoms with Crippen LogP contribution in [0.1, 0.15) is 34.0 Å². The van der Waals surface area contributed by atoms with Gasteiger partial charge in [-0.15, -0.1) is 0 Å². The molecule has 3 aromatic carbocycles. The molecule has 0 radical (unpaired) electrons. The van der Waals surface area contributed by atoms with E-state index in [9.17, 15) is 0 Å². The second kappa shape index (κ2) is 8.97. The third-order valence-corrected chi connectivity index (χ3v) is 5.58. The zero-order valence-electron chi connectivity index (χ0n) is 17.3. The first-order valence-corrected chi connectivity index (χ1v) is 10.7. The van der Waals surface area contributed by atoms with E-state index < -0.39 is 0 Å². The number of ether oxygens (including phenoxy) is 1. The third kappa shape index (κ3) is 4.41. The van der Waals surface area contributed by atoms with Gasteiger partial charge in [0.2, 0.25) is 5.90 Å². The van der Waals surface area contributed by atoms with Crippen LogP contribution in [-0.2, 0) is 11.2 Å². The monoisotopic (exact) mass is 404 g/mol. The fourth-order valence-electron chi connectivity index (χ4n) is 4.10. The van der Waals surface area contributed by atoms with Crippen LogP contribution >= 0.6 is 0 Å². The molecule has 0 amide bonds. The number of benzene rings is 3. The molecule has 0 bridgehead atoms. The topological polar surface area (TPSA) is 34.5 Å². The van der Waals surface area contributed by atoms with Crippen LogP contribution in [0.3, 0.4) is 0 Å². The minimum absolute atomic E-state index is 0.0597. The molecule has 1 aliphatic heterocycles. The van der Waals surface area contributed by atoms with Gasteiger partial charge in [-0.25, -0.2) is 9.98 Å². The molecule has 0 fully saturated rings. The maximum Gasteiger partial charge on any atom is 0.235 e. The van der Waals surface area contributed by atoms with Crippen molar-refractivity contribution in [3.63, 3.8) is 0 Å². The highest BCUT2D eigenvalue weighted by Crippen LogP contribution is 2.31. The highest BCUT2D eigenvalue weighted by Gasteiger charge is 2.23. The van der Waals surface area contributed by atoms with Crippen LogP contribution in [-0.4, -0.2) is 23.5 Å². The first-order valence-electron chi connectivity index (χ1n) is 10.7. The predicted octanol–water partition coefficient (Wildman–Crippen LogP) is 5.65. The molecule has 0 saturated heterocycles. The quantitative estimate of drug-likeness (QED) is 0.416.